The monoisotopic (exact) mass is 758 g/mol. The molecular formula is C54H34N2OS. The molecule has 0 aliphatic carbocycles. The van der Waals surface area contributed by atoms with Crippen LogP contribution < -0.4 is 4.90 Å². The third kappa shape index (κ3) is 5.19. The summed E-state index contributed by atoms with van der Waals surface area (Å²) in [7, 11) is 0. The molecule has 9 aromatic carbocycles. The molecular weight excluding hydrogens is 725 g/mol. The van der Waals surface area contributed by atoms with Crippen LogP contribution in [0.15, 0.2) is 211 Å². The number of thiophene rings is 1. The summed E-state index contributed by atoms with van der Waals surface area (Å²) in [4.78, 5) is 2.37. The van der Waals surface area contributed by atoms with Crippen molar-refractivity contribution in [1.82, 2.24) is 4.57 Å². The van der Waals surface area contributed by atoms with E-state index in [9.17, 15) is 0 Å². The van der Waals surface area contributed by atoms with E-state index in [0.717, 1.165) is 55.8 Å². The predicted molar refractivity (Wildman–Crippen MR) is 247 cm³/mol. The number of para-hydroxylation sites is 4. The summed E-state index contributed by atoms with van der Waals surface area (Å²) in [6.45, 7) is 0. The zero-order chi connectivity index (χ0) is 38.2. The molecule has 0 saturated carbocycles. The lowest BCUT2D eigenvalue weighted by molar-refractivity contribution is 0.670. The Balaban J connectivity index is 1.03. The Bertz CT molecular complexity index is 3460. The van der Waals surface area contributed by atoms with Gasteiger partial charge in [0.2, 0.25) is 0 Å². The minimum absolute atomic E-state index is 0.877. The van der Waals surface area contributed by atoms with Crippen LogP contribution in [0.1, 0.15) is 0 Å². The van der Waals surface area contributed by atoms with E-state index in [1.54, 1.807) is 0 Å². The maximum absolute atomic E-state index is 6.72. The summed E-state index contributed by atoms with van der Waals surface area (Å²) >= 11 is 1.85. The number of nitrogens with zero attached hydrogens (tertiary/aromatic N) is 2. The predicted octanol–water partition coefficient (Wildman–Crippen LogP) is 15.9. The van der Waals surface area contributed by atoms with Gasteiger partial charge >= 0.3 is 0 Å². The number of fused-ring (bicyclic) bond motifs is 9. The van der Waals surface area contributed by atoms with Gasteiger partial charge in [0, 0.05) is 70.0 Å². The Morgan fingerprint density at radius 2 is 1.00 bits per heavy atom. The van der Waals surface area contributed by atoms with Gasteiger partial charge in [0.1, 0.15) is 11.2 Å². The first-order valence-corrected chi connectivity index (χ1v) is 20.5. The summed E-state index contributed by atoms with van der Waals surface area (Å²) in [6.07, 6.45) is 0. The second-order valence-electron chi connectivity index (χ2n) is 14.9. The van der Waals surface area contributed by atoms with E-state index in [2.05, 4.69) is 210 Å². The van der Waals surface area contributed by atoms with Gasteiger partial charge in [-0.3, -0.25) is 0 Å². The van der Waals surface area contributed by atoms with Crippen LogP contribution in [0.4, 0.5) is 17.1 Å². The van der Waals surface area contributed by atoms with Crippen LogP contribution >= 0.6 is 11.3 Å². The Morgan fingerprint density at radius 3 is 1.79 bits per heavy atom. The molecule has 3 heterocycles. The summed E-state index contributed by atoms with van der Waals surface area (Å²) in [5.41, 5.74) is 13.0. The lowest BCUT2D eigenvalue weighted by Crippen LogP contribution is -2.10. The highest BCUT2D eigenvalue weighted by Gasteiger charge is 2.21. The van der Waals surface area contributed by atoms with Gasteiger partial charge in [0.15, 0.2) is 0 Å². The number of benzene rings is 9. The van der Waals surface area contributed by atoms with Gasteiger partial charge in [-0.15, -0.1) is 11.3 Å². The molecule has 3 aromatic heterocycles. The first kappa shape index (κ1) is 32.8. The molecule has 0 aliphatic rings. The molecule has 272 valence electrons. The highest BCUT2D eigenvalue weighted by Crippen LogP contribution is 2.45. The number of hydrogen-bond acceptors (Lipinski definition) is 3. The molecule has 12 aromatic rings. The van der Waals surface area contributed by atoms with E-state index in [0.29, 0.717) is 0 Å². The average Bonchev–Trinajstić information content (AvgIpc) is 3.96. The van der Waals surface area contributed by atoms with Crippen LogP contribution in [0.25, 0.3) is 91.9 Å². The lowest BCUT2D eigenvalue weighted by Gasteiger charge is -2.27. The van der Waals surface area contributed by atoms with Crippen molar-refractivity contribution in [2.24, 2.45) is 0 Å². The maximum Gasteiger partial charge on any atom is 0.143 e. The first-order chi connectivity index (χ1) is 28.7. The van der Waals surface area contributed by atoms with Crippen LogP contribution in [-0.4, -0.2) is 4.57 Å². The largest absolute Gasteiger partial charge is 0.455 e. The molecule has 0 bridgehead atoms. The van der Waals surface area contributed by atoms with E-state index in [1.807, 2.05) is 17.4 Å². The topological polar surface area (TPSA) is 21.3 Å². The summed E-state index contributed by atoms with van der Waals surface area (Å²) in [6, 6.07) is 74.4. The van der Waals surface area contributed by atoms with Gasteiger partial charge in [0.25, 0.3) is 0 Å². The van der Waals surface area contributed by atoms with Crippen LogP contribution in [0.3, 0.4) is 0 Å². The molecule has 0 fully saturated rings. The Morgan fingerprint density at radius 1 is 0.379 bits per heavy atom. The molecule has 12 rings (SSSR count). The molecule has 0 amide bonds. The van der Waals surface area contributed by atoms with Gasteiger partial charge < -0.3 is 13.9 Å². The van der Waals surface area contributed by atoms with Crippen molar-refractivity contribution in [1.29, 1.82) is 0 Å². The summed E-state index contributed by atoms with van der Waals surface area (Å²) < 4.78 is 11.7. The van der Waals surface area contributed by atoms with E-state index in [-0.39, 0.29) is 0 Å². The van der Waals surface area contributed by atoms with E-state index in [4.69, 9.17) is 4.42 Å². The standard InChI is InChI=1S/C54H34N2OS/c1-2-14-38(15-3-1)55(40-16-12-13-36(31-40)37-27-30-53-47(32-37)45-20-7-11-24-52(45)58-53)41-33-46(54-48(34-41)44-19-6-10-23-51(44)57-54)35-25-28-39(29-26-35)56-49-21-8-4-17-42(49)43-18-5-9-22-50(43)56/h1-34H. The first-order valence-electron chi connectivity index (χ1n) is 19.7. The minimum Gasteiger partial charge on any atom is -0.455 e. The average molecular weight is 759 g/mol. The number of furan rings is 1. The van der Waals surface area contributed by atoms with Crippen LogP contribution in [0.5, 0.6) is 0 Å². The Kier molecular flexibility index (Phi) is 7.40. The van der Waals surface area contributed by atoms with Gasteiger partial charge in [-0.2, -0.15) is 0 Å². The number of rotatable bonds is 6. The van der Waals surface area contributed by atoms with Crippen molar-refractivity contribution in [2.45, 2.75) is 0 Å². The smallest absolute Gasteiger partial charge is 0.143 e. The highest BCUT2D eigenvalue weighted by molar-refractivity contribution is 7.25. The fourth-order valence-electron chi connectivity index (χ4n) is 8.90. The molecule has 4 heteroatoms. The fourth-order valence-corrected chi connectivity index (χ4v) is 9.99. The van der Waals surface area contributed by atoms with Crippen molar-refractivity contribution in [3.63, 3.8) is 0 Å². The molecule has 0 radical (unpaired) electrons. The quantitative estimate of drug-likeness (QED) is 0.168. The second kappa shape index (κ2) is 13.1. The zero-order valence-electron chi connectivity index (χ0n) is 31.3. The van der Waals surface area contributed by atoms with E-state index >= 15 is 0 Å². The Labute approximate surface area is 338 Å². The van der Waals surface area contributed by atoms with Crippen LogP contribution in [0.2, 0.25) is 0 Å². The molecule has 0 aliphatic heterocycles. The summed E-state index contributed by atoms with van der Waals surface area (Å²) in [5, 5.41) is 7.30. The van der Waals surface area contributed by atoms with E-state index < -0.39 is 0 Å². The normalized spacial score (nSPS) is 11.8. The number of anilines is 3. The third-order valence-corrected chi connectivity index (χ3v) is 12.7. The second-order valence-corrected chi connectivity index (χ2v) is 16.0. The number of aromatic nitrogens is 1. The van der Waals surface area contributed by atoms with Gasteiger partial charge in [-0.25, -0.2) is 0 Å². The number of hydrogen-bond donors (Lipinski definition) is 0. The van der Waals surface area contributed by atoms with Crippen LogP contribution in [-0.2, 0) is 0 Å². The van der Waals surface area contributed by atoms with Crippen molar-refractivity contribution in [3.8, 4) is 27.9 Å². The van der Waals surface area contributed by atoms with Crippen molar-refractivity contribution >= 4 is 92.3 Å². The van der Waals surface area contributed by atoms with Gasteiger partial charge in [0.05, 0.1) is 11.0 Å². The molecule has 58 heavy (non-hydrogen) atoms. The van der Waals surface area contributed by atoms with Gasteiger partial charge in [-0.05, 0) is 102 Å². The van der Waals surface area contributed by atoms with Gasteiger partial charge in [-0.1, -0.05) is 121 Å². The van der Waals surface area contributed by atoms with Crippen LogP contribution in [0, 0.1) is 0 Å². The van der Waals surface area contributed by atoms with Crippen molar-refractivity contribution in [3.05, 3.63) is 206 Å². The molecule has 0 saturated heterocycles. The summed E-state index contributed by atoms with van der Waals surface area (Å²) in [5.74, 6) is 0. The van der Waals surface area contributed by atoms with E-state index in [1.165, 1.54) is 53.1 Å². The molecule has 0 N–H and O–H groups in total. The zero-order valence-corrected chi connectivity index (χ0v) is 32.2. The molecule has 3 nitrogen and oxygen atoms in total. The lowest BCUT2D eigenvalue weighted by atomic mass is 9.99. The Hall–Kier alpha value is -7.40. The SMILES string of the molecule is c1ccc(N(c2cccc(-c3ccc4sc5ccccc5c4c3)c2)c2cc(-c3ccc(-n4c5ccccc5c5ccccc54)cc3)c3oc4ccccc4c3c2)cc1. The molecule has 0 atom stereocenters. The molecule has 0 unspecified atom stereocenters. The van der Waals surface area contributed by atoms with Crippen molar-refractivity contribution < 1.29 is 4.42 Å². The van der Waals surface area contributed by atoms with Crippen molar-refractivity contribution in [2.75, 3.05) is 4.90 Å². The minimum atomic E-state index is 0.877. The third-order valence-electron chi connectivity index (χ3n) is 11.6. The maximum atomic E-state index is 6.72. The highest BCUT2D eigenvalue weighted by atomic mass is 32.1. The fraction of sp³-hybridized carbons (Fsp3) is 0. The molecule has 0 spiro atoms.